The number of nitro groups is 1. The van der Waals surface area contributed by atoms with Crippen molar-refractivity contribution in [2.75, 3.05) is 46.2 Å². The van der Waals surface area contributed by atoms with Crippen molar-refractivity contribution >= 4 is 29.4 Å². The van der Waals surface area contributed by atoms with E-state index < -0.39 is 120 Å². The number of methoxy groups -OCH3 is 2. The van der Waals surface area contributed by atoms with Crippen molar-refractivity contribution in [3.8, 4) is 34.5 Å². The molecule has 68 heavy (non-hydrogen) atoms. The average molecular weight is 959 g/mol. The van der Waals surface area contributed by atoms with E-state index in [4.69, 9.17) is 56.8 Å². The number of rotatable bonds is 11. The number of esters is 1. The number of carboxylic acids is 1. The molecular formula is C43H46N2O23. The first kappa shape index (κ1) is 47.0. The number of amides is 1. The second-order valence-corrected chi connectivity index (χ2v) is 16.7. The van der Waals surface area contributed by atoms with Gasteiger partial charge < -0.3 is 87.5 Å². The second-order valence-electron chi connectivity index (χ2n) is 16.7. The highest BCUT2D eigenvalue weighted by molar-refractivity contribution is 5.92. The minimum absolute atomic E-state index is 0.0518. The van der Waals surface area contributed by atoms with Gasteiger partial charge in [-0.25, -0.2) is 9.59 Å². The molecule has 0 saturated carbocycles. The summed E-state index contributed by atoms with van der Waals surface area (Å²) in [6.45, 7) is 1.49. The number of carboxylic acid groups (broad SMARTS) is 1. The molecule has 9 rings (SSSR count). The summed E-state index contributed by atoms with van der Waals surface area (Å²) in [6, 6.07) is 9.34. The number of ether oxygens (including phenoxy) is 12. The van der Waals surface area contributed by atoms with Gasteiger partial charge >= 0.3 is 18.0 Å². The van der Waals surface area contributed by atoms with E-state index in [2.05, 4.69) is 0 Å². The lowest BCUT2D eigenvalue weighted by molar-refractivity contribution is -0.384. The summed E-state index contributed by atoms with van der Waals surface area (Å²) in [5, 5.41) is 74.8. The lowest BCUT2D eigenvalue weighted by Gasteiger charge is -2.47. The van der Waals surface area contributed by atoms with Crippen molar-refractivity contribution in [1.29, 1.82) is 0 Å². The highest BCUT2D eigenvalue weighted by atomic mass is 16.8. The van der Waals surface area contributed by atoms with Gasteiger partial charge in [0.1, 0.15) is 48.5 Å². The maximum absolute atomic E-state index is 14.0. The van der Waals surface area contributed by atoms with E-state index in [0.29, 0.717) is 28.2 Å². The van der Waals surface area contributed by atoms with Crippen molar-refractivity contribution in [1.82, 2.24) is 0 Å². The van der Waals surface area contributed by atoms with Gasteiger partial charge in [0.05, 0.1) is 50.1 Å². The molecule has 6 aliphatic rings. The van der Waals surface area contributed by atoms with Crippen LogP contribution in [0.5, 0.6) is 34.5 Å². The minimum atomic E-state index is -2.05. The molecule has 0 radical (unpaired) electrons. The quantitative estimate of drug-likeness (QED) is 0.0863. The molecule has 4 fully saturated rings. The third-order valence-electron chi connectivity index (χ3n) is 12.8. The molecule has 3 aromatic carbocycles. The molecule has 5 heterocycles. The predicted molar refractivity (Wildman–Crippen MR) is 219 cm³/mol. The Bertz CT molecular complexity index is 2440. The number of carbonyl (C=O) groups excluding carboxylic acids is 2. The van der Waals surface area contributed by atoms with Gasteiger partial charge in [-0.15, -0.1) is 0 Å². The standard InChI is InChI=1S/C43H46N2O23/c1-15-59-13-27-37(63-15)32(48)34(50)42(65-27)66-35-19-11-24-23(61-14-62-24)10-18(19)28(29-20(35)12-60-40(29)53)16-7-25(57-3)36(26(8-16)58-4)68-43(54)44(2)21-9-17(45(55)56)5-6-22(21)64-41-33(49)30(46)31(47)38(67-41)39(51)52/h5-11,15,20,27-35,37-38,41-42,46-50H,12-14H2,1-4H3,(H,51,52)/t15?,20-,27?,28+,29-,30?,31?,32?,33?,34?,35?,37?,38?,41?,42?/m0/s1. The Hall–Kier alpha value is -6.13. The lowest BCUT2D eigenvalue weighted by Crippen LogP contribution is -2.63. The summed E-state index contributed by atoms with van der Waals surface area (Å²) in [4.78, 5) is 51.5. The van der Waals surface area contributed by atoms with E-state index in [-0.39, 0.29) is 48.7 Å². The zero-order chi connectivity index (χ0) is 48.5. The fourth-order valence-electron chi connectivity index (χ4n) is 9.33. The monoisotopic (exact) mass is 958 g/mol. The lowest BCUT2D eigenvalue weighted by atomic mass is 9.66. The molecule has 12 unspecified atom stereocenters. The Kier molecular flexibility index (Phi) is 12.7. The van der Waals surface area contributed by atoms with E-state index in [9.17, 15) is 55.1 Å². The van der Waals surface area contributed by atoms with Crippen molar-refractivity contribution in [3.05, 3.63) is 69.3 Å². The number of aliphatic carboxylic acids is 1. The second kappa shape index (κ2) is 18.4. The fourth-order valence-corrected chi connectivity index (χ4v) is 9.33. The molecule has 0 bridgehead atoms. The normalized spacial score (nSPS) is 33.5. The first-order chi connectivity index (χ1) is 32.5. The molecule has 366 valence electrons. The number of non-ortho nitro benzene ring substituents is 1. The van der Waals surface area contributed by atoms with Gasteiger partial charge in [0.2, 0.25) is 18.8 Å². The van der Waals surface area contributed by atoms with Gasteiger partial charge in [-0.1, -0.05) is 0 Å². The van der Waals surface area contributed by atoms with Crippen LogP contribution in [0.25, 0.3) is 0 Å². The molecule has 25 heteroatoms. The first-order valence-electron chi connectivity index (χ1n) is 21.1. The molecule has 0 aromatic heterocycles. The Morgan fingerprint density at radius 1 is 0.809 bits per heavy atom. The van der Waals surface area contributed by atoms with Crippen LogP contribution in [0.2, 0.25) is 0 Å². The smallest absolute Gasteiger partial charge is 0.419 e. The zero-order valence-electron chi connectivity index (χ0n) is 36.3. The Balaban J connectivity index is 1.04. The van der Waals surface area contributed by atoms with Crippen molar-refractivity contribution in [2.45, 2.75) is 86.6 Å². The first-order valence-corrected chi connectivity index (χ1v) is 21.1. The summed E-state index contributed by atoms with van der Waals surface area (Å²) in [7, 11) is 3.70. The van der Waals surface area contributed by atoms with E-state index in [1.54, 1.807) is 19.1 Å². The summed E-state index contributed by atoms with van der Waals surface area (Å²) in [5.41, 5.74) is 0.550. The SMILES string of the molecule is COc1cc([C@@H]2c3cc4c(cc3C(OC3OC5COC(C)OC5C(O)C3O)[C@H]3COC(=O)[C@H]23)OCO4)cc(OC)c1OC(=O)N(C)c1cc([N+](=O)[O-])ccc1OC1OC(C(=O)O)C(O)C(O)C1O. The summed E-state index contributed by atoms with van der Waals surface area (Å²) < 4.78 is 69.3. The number of benzene rings is 3. The van der Waals surface area contributed by atoms with E-state index in [0.717, 1.165) is 30.1 Å². The van der Waals surface area contributed by atoms with Crippen LogP contribution in [0.15, 0.2) is 42.5 Å². The Morgan fingerprint density at radius 2 is 1.49 bits per heavy atom. The van der Waals surface area contributed by atoms with Crippen LogP contribution >= 0.6 is 0 Å². The third-order valence-corrected chi connectivity index (χ3v) is 12.8. The summed E-state index contributed by atoms with van der Waals surface area (Å²) in [5.74, 6) is -4.91. The highest BCUT2D eigenvalue weighted by Crippen LogP contribution is 2.57. The largest absolute Gasteiger partial charge is 0.493 e. The van der Waals surface area contributed by atoms with Gasteiger partial charge in [0, 0.05) is 31.0 Å². The van der Waals surface area contributed by atoms with Gasteiger partial charge in [0.15, 0.2) is 41.7 Å². The average Bonchev–Trinajstić information content (AvgIpc) is 3.95. The molecular weight excluding hydrogens is 912 g/mol. The van der Waals surface area contributed by atoms with E-state index >= 15 is 0 Å². The number of hydrogen-bond donors (Lipinski definition) is 6. The third kappa shape index (κ3) is 8.22. The van der Waals surface area contributed by atoms with Gasteiger partial charge in [-0.05, 0) is 53.9 Å². The number of cyclic esters (lactones) is 1. The number of anilines is 1. The minimum Gasteiger partial charge on any atom is -0.493 e. The summed E-state index contributed by atoms with van der Waals surface area (Å²) in [6.07, 6.45) is -19.0. The van der Waals surface area contributed by atoms with Crippen molar-refractivity contribution < 1.29 is 107 Å². The van der Waals surface area contributed by atoms with E-state index in [1.807, 2.05) is 0 Å². The number of hydrogen-bond acceptors (Lipinski definition) is 22. The Morgan fingerprint density at radius 3 is 2.15 bits per heavy atom. The number of nitrogens with zero attached hydrogens (tertiary/aromatic N) is 2. The molecule has 25 nitrogen and oxygen atoms in total. The van der Waals surface area contributed by atoms with Crippen LogP contribution in [0, 0.1) is 22.0 Å². The molecule has 4 saturated heterocycles. The molecule has 5 aliphatic heterocycles. The molecule has 3 aromatic rings. The zero-order valence-corrected chi connectivity index (χ0v) is 36.3. The maximum atomic E-state index is 14.0. The van der Waals surface area contributed by atoms with Crippen LogP contribution in [0.4, 0.5) is 16.2 Å². The number of aliphatic hydroxyl groups excluding tert-OH is 5. The number of nitro benzene ring substituents is 1. The van der Waals surface area contributed by atoms with Crippen molar-refractivity contribution in [3.63, 3.8) is 0 Å². The predicted octanol–water partition coefficient (Wildman–Crippen LogP) is 0.447. The molecule has 1 aliphatic carbocycles. The molecule has 1 amide bonds. The highest BCUT2D eigenvalue weighted by Gasteiger charge is 2.56. The molecule has 6 N–H and O–H groups in total. The van der Waals surface area contributed by atoms with Crippen LogP contribution in [0.3, 0.4) is 0 Å². The topological polar surface area (TPSA) is 330 Å². The molecule has 15 atom stereocenters. The number of carbonyl (C=O) groups is 3. The molecule has 0 spiro atoms. The maximum Gasteiger partial charge on any atom is 0.419 e. The fraction of sp³-hybridized carbons (Fsp3) is 0.512. The van der Waals surface area contributed by atoms with Crippen LogP contribution in [-0.4, -0.2) is 163 Å². The van der Waals surface area contributed by atoms with Crippen LogP contribution in [0.1, 0.15) is 35.6 Å². The Labute approximate surface area is 384 Å². The number of aliphatic hydroxyl groups is 5. The van der Waals surface area contributed by atoms with Crippen molar-refractivity contribution in [2.24, 2.45) is 11.8 Å². The van der Waals surface area contributed by atoms with Gasteiger partial charge in [-0.2, -0.15) is 0 Å². The summed E-state index contributed by atoms with van der Waals surface area (Å²) >= 11 is 0. The number of fused-ring (bicyclic) bond motifs is 4. The van der Waals surface area contributed by atoms with Crippen LogP contribution in [-0.2, 0) is 38.0 Å². The van der Waals surface area contributed by atoms with Gasteiger partial charge in [0.25, 0.3) is 5.69 Å². The van der Waals surface area contributed by atoms with Crippen LogP contribution < -0.4 is 33.3 Å². The van der Waals surface area contributed by atoms with E-state index in [1.165, 1.54) is 26.4 Å². The van der Waals surface area contributed by atoms with Gasteiger partial charge in [-0.3, -0.25) is 19.8 Å².